The number of ether oxygens (including phenoxy) is 1. The van der Waals surface area contributed by atoms with Gasteiger partial charge >= 0.3 is 0 Å². The minimum absolute atomic E-state index is 0.0817. The van der Waals surface area contributed by atoms with Crippen molar-refractivity contribution in [2.24, 2.45) is 0 Å². The van der Waals surface area contributed by atoms with Crippen LogP contribution < -0.4 is 10.1 Å². The lowest BCUT2D eigenvalue weighted by Gasteiger charge is -2.08. The molecule has 1 N–H and O–H groups in total. The Hall–Kier alpha value is -2.08. The first-order chi connectivity index (χ1) is 13.6. The first-order valence-corrected chi connectivity index (χ1v) is 10.6. The number of carbonyl (C=O) groups is 1. The van der Waals surface area contributed by atoms with E-state index in [-0.39, 0.29) is 5.91 Å². The molecule has 3 rings (SSSR count). The lowest BCUT2D eigenvalue weighted by atomic mass is 10.1. The lowest BCUT2D eigenvalue weighted by molar-refractivity contribution is -0.116. The molecule has 0 aliphatic rings. The Balaban J connectivity index is 1.51. The van der Waals surface area contributed by atoms with E-state index >= 15 is 0 Å². The Morgan fingerprint density at radius 2 is 1.96 bits per heavy atom. The van der Waals surface area contributed by atoms with E-state index in [1.165, 1.54) is 11.3 Å². The maximum atomic E-state index is 12.2. The van der Waals surface area contributed by atoms with E-state index in [1.54, 1.807) is 18.2 Å². The minimum Gasteiger partial charge on any atom is -0.492 e. The van der Waals surface area contributed by atoms with E-state index in [0.29, 0.717) is 40.4 Å². The summed E-state index contributed by atoms with van der Waals surface area (Å²) in [5, 5.41) is 4.54. The summed E-state index contributed by atoms with van der Waals surface area (Å²) in [5.41, 5.74) is 1.99. The second kappa shape index (κ2) is 9.92. The Morgan fingerprint density at radius 1 is 1.18 bits per heavy atom. The van der Waals surface area contributed by atoms with Crippen molar-refractivity contribution in [1.82, 2.24) is 4.98 Å². The zero-order chi connectivity index (χ0) is 19.9. The summed E-state index contributed by atoms with van der Waals surface area (Å²) in [6, 6.07) is 15.1. The molecule has 0 aliphatic heterocycles. The van der Waals surface area contributed by atoms with Crippen molar-refractivity contribution in [2.75, 3.05) is 11.9 Å². The number of hydrogen-bond acceptors (Lipinski definition) is 4. The van der Waals surface area contributed by atoms with Gasteiger partial charge in [0.15, 0.2) is 5.13 Å². The molecular formula is C21H20Cl2N2O2S. The SMILES string of the molecule is CCc1sc(NC(=O)CCCOc2ccc(Cl)cc2Cl)nc1-c1ccccc1. The van der Waals surface area contributed by atoms with Crippen molar-refractivity contribution < 1.29 is 9.53 Å². The van der Waals surface area contributed by atoms with Gasteiger partial charge < -0.3 is 10.1 Å². The van der Waals surface area contributed by atoms with E-state index in [4.69, 9.17) is 27.9 Å². The van der Waals surface area contributed by atoms with Crippen LogP contribution in [-0.2, 0) is 11.2 Å². The van der Waals surface area contributed by atoms with Gasteiger partial charge in [0.05, 0.1) is 17.3 Å². The quantitative estimate of drug-likeness (QED) is 0.412. The number of aryl methyl sites for hydroxylation is 1. The first kappa shape index (κ1) is 20.6. The van der Waals surface area contributed by atoms with Crippen LogP contribution in [0.1, 0.15) is 24.6 Å². The van der Waals surface area contributed by atoms with Gasteiger partial charge in [0.2, 0.25) is 5.91 Å². The summed E-state index contributed by atoms with van der Waals surface area (Å²) in [4.78, 5) is 18.0. The van der Waals surface area contributed by atoms with Crippen LogP contribution in [0.25, 0.3) is 11.3 Å². The highest BCUT2D eigenvalue weighted by Crippen LogP contribution is 2.31. The number of nitrogens with one attached hydrogen (secondary N) is 1. The van der Waals surface area contributed by atoms with Gasteiger partial charge in [-0.2, -0.15) is 0 Å². The molecular weight excluding hydrogens is 415 g/mol. The maximum Gasteiger partial charge on any atom is 0.226 e. The summed E-state index contributed by atoms with van der Waals surface area (Å²) in [6.45, 7) is 2.48. The molecule has 0 saturated carbocycles. The van der Waals surface area contributed by atoms with Crippen molar-refractivity contribution in [3.8, 4) is 17.0 Å². The van der Waals surface area contributed by atoms with Crippen LogP contribution in [0.5, 0.6) is 5.75 Å². The van der Waals surface area contributed by atoms with Crippen molar-refractivity contribution in [3.05, 3.63) is 63.5 Å². The molecule has 1 heterocycles. The molecule has 146 valence electrons. The molecule has 0 fully saturated rings. The molecule has 0 radical (unpaired) electrons. The number of anilines is 1. The van der Waals surface area contributed by atoms with Gasteiger partial charge in [-0.3, -0.25) is 4.79 Å². The summed E-state index contributed by atoms with van der Waals surface area (Å²) in [7, 11) is 0. The second-order valence-electron chi connectivity index (χ2n) is 6.09. The second-order valence-corrected chi connectivity index (χ2v) is 8.01. The molecule has 0 unspecified atom stereocenters. The Kier molecular flexibility index (Phi) is 7.31. The fraction of sp³-hybridized carbons (Fsp3) is 0.238. The average molecular weight is 435 g/mol. The number of thiazole rings is 1. The van der Waals surface area contributed by atoms with Crippen LogP contribution in [0.3, 0.4) is 0 Å². The molecule has 3 aromatic rings. The number of hydrogen-bond donors (Lipinski definition) is 1. The largest absolute Gasteiger partial charge is 0.492 e. The Labute approximate surface area is 178 Å². The van der Waals surface area contributed by atoms with Gasteiger partial charge in [-0.05, 0) is 31.0 Å². The number of halogens is 2. The Bertz CT molecular complexity index is 945. The van der Waals surface area contributed by atoms with Gasteiger partial charge in [-0.1, -0.05) is 60.5 Å². The summed E-state index contributed by atoms with van der Waals surface area (Å²) >= 11 is 13.4. The molecule has 0 atom stereocenters. The van der Waals surface area contributed by atoms with E-state index in [2.05, 4.69) is 17.2 Å². The number of rotatable bonds is 8. The molecule has 4 nitrogen and oxygen atoms in total. The van der Waals surface area contributed by atoms with E-state index in [1.807, 2.05) is 30.3 Å². The molecule has 2 aromatic carbocycles. The molecule has 0 bridgehead atoms. The highest BCUT2D eigenvalue weighted by Gasteiger charge is 2.13. The zero-order valence-corrected chi connectivity index (χ0v) is 17.7. The van der Waals surface area contributed by atoms with Gasteiger partial charge in [0, 0.05) is 21.9 Å². The Morgan fingerprint density at radius 3 is 2.68 bits per heavy atom. The van der Waals surface area contributed by atoms with Crippen LogP contribution >= 0.6 is 34.5 Å². The zero-order valence-electron chi connectivity index (χ0n) is 15.4. The fourth-order valence-electron chi connectivity index (χ4n) is 2.66. The number of carbonyl (C=O) groups excluding carboxylic acids is 1. The number of benzene rings is 2. The molecule has 1 aromatic heterocycles. The monoisotopic (exact) mass is 434 g/mol. The highest BCUT2D eigenvalue weighted by molar-refractivity contribution is 7.16. The van der Waals surface area contributed by atoms with Crippen molar-refractivity contribution in [1.29, 1.82) is 0 Å². The first-order valence-electron chi connectivity index (χ1n) is 8.99. The van der Waals surface area contributed by atoms with Gasteiger partial charge in [-0.15, -0.1) is 11.3 Å². The van der Waals surface area contributed by atoms with Crippen LogP contribution in [-0.4, -0.2) is 17.5 Å². The standard InChI is InChI=1S/C21H20Cl2N2O2S/c1-2-18-20(14-7-4-3-5-8-14)25-21(28-18)24-19(26)9-6-12-27-17-11-10-15(22)13-16(17)23/h3-5,7-8,10-11,13H,2,6,9,12H2,1H3,(H,24,25,26). The summed E-state index contributed by atoms with van der Waals surface area (Å²) in [6.07, 6.45) is 1.78. The van der Waals surface area contributed by atoms with Crippen LogP contribution in [0.4, 0.5) is 5.13 Å². The molecule has 0 saturated heterocycles. The normalized spacial score (nSPS) is 10.7. The van der Waals surface area contributed by atoms with Crippen LogP contribution in [0.15, 0.2) is 48.5 Å². The van der Waals surface area contributed by atoms with Crippen molar-refractivity contribution in [3.63, 3.8) is 0 Å². The third-order valence-electron chi connectivity index (χ3n) is 4.01. The van der Waals surface area contributed by atoms with Crippen molar-refractivity contribution >= 4 is 45.6 Å². The highest BCUT2D eigenvalue weighted by atomic mass is 35.5. The maximum absolute atomic E-state index is 12.2. The van der Waals surface area contributed by atoms with Gasteiger partial charge in [0.1, 0.15) is 5.75 Å². The van der Waals surface area contributed by atoms with Gasteiger partial charge in [-0.25, -0.2) is 4.98 Å². The van der Waals surface area contributed by atoms with Crippen molar-refractivity contribution in [2.45, 2.75) is 26.2 Å². The third-order valence-corrected chi connectivity index (χ3v) is 5.66. The number of nitrogens with zero attached hydrogens (tertiary/aromatic N) is 1. The molecule has 7 heteroatoms. The average Bonchev–Trinajstić information content (AvgIpc) is 3.10. The third kappa shape index (κ3) is 5.47. The predicted octanol–water partition coefficient (Wildman–Crippen LogP) is 6.48. The van der Waals surface area contributed by atoms with E-state index in [0.717, 1.165) is 22.6 Å². The summed E-state index contributed by atoms with van der Waals surface area (Å²) < 4.78 is 5.61. The fourth-order valence-corrected chi connectivity index (χ4v) is 4.06. The molecule has 0 aliphatic carbocycles. The molecule has 28 heavy (non-hydrogen) atoms. The predicted molar refractivity (Wildman–Crippen MR) is 117 cm³/mol. The number of aromatic nitrogens is 1. The van der Waals surface area contributed by atoms with Gasteiger partial charge in [0.25, 0.3) is 0 Å². The molecule has 1 amide bonds. The van der Waals surface area contributed by atoms with Crippen LogP contribution in [0, 0.1) is 0 Å². The number of amides is 1. The lowest BCUT2D eigenvalue weighted by Crippen LogP contribution is -2.12. The van der Waals surface area contributed by atoms with Crippen LogP contribution in [0.2, 0.25) is 10.0 Å². The molecule has 0 spiro atoms. The minimum atomic E-state index is -0.0817. The topological polar surface area (TPSA) is 51.2 Å². The smallest absolute Gasteiger partial charge is 0.226 e. The summed E-state index contributed by atoms with van der Waals surface area (Å²) in [5.74, 6) is 0.480. The van der Waals surface area contributed by atoms with E-state index < -0.39 is 0 Å². The van der Waals surface area contributed by atoms with E-state index in [9.17, 15) is 4.79 Å².